The first kappa shape index (κ1) is 47.6. The largest absolute Gasteiger partial charge is 0.494 e. The smallest absolute Gasteiger partial charge is 0.294 e. The summed E-state index contributed by atoms with van der Waals surface area (Å²) < 4.78 is 45.3. The second-order valence-electron chi connectivity index (χ2n) is 14.0. The van der Waals surface area contributed by atoms with Gasteiger partial charge in [0.2, 0.25) is 17.8 Å². The average Bonchev–Trinajstić information content (AvgIpc) is 3.27. The molecule has 0 fully saturated rings. The molecule has 0 aliphatic carbocycles. The number of azo groups is 2. The van der Waals surface area contributed by atoms with Crippen molar-refractivity contribution in [3.05, 3.63) is 77.9 Å². The fraction of sp³-hybridized carbons (Fsp3) is 0.372. The molecule has 0 atom stereocenters. The van der Waals surface area contributed by atoms with Gasteiger partial charge in [0.15, 0.2) is 0 Å². The topological polar surface area (TPSA) is 235 Å². The molecular formula is C43H56N12O7S. The summed E-state index contributed by atoms with van der Waals surface area (Å²) in [5, 5.41) is 44.8. The van der Waals surface area contributed by atoms with Crippen LogP contribution in [0.1, 0.15) is 38.8 Å². The molecule has 0 aliphatic rings. The van der Waals surface area contributed by atoms with Gasteiger partial charge in [0.25, 0.3) is 10.1 Å². The summed E-state index contributed by atoms with van der Waals surface area (Å²) >= 11 is 0. The minimum Gasteiger partial charge on any atom is -0.494 e. The van der Waals surface area contributed by atoms with E-state index in [1.54, 1.807) is 38.2 Å². The Bertz CT molecular complexity index is 2510. The third kappa shape index (κ3) is 11.9. The highest BCUT2D eigenvalue weighted by Crippen LogP contribution is 2.43. The number of nitrogens with one attached hydrogen (secondary N) is 2. The van der Waals surface area contributed by atoms with E-state index in [-0.39, 0.29) is 60.4 Å². The van der Waals surface area contributed by atoms with E-state index in [1.807, 2.05) is 71.0 Å². The van der Waals surface area contributed by atoms with Gasteiger partial charge in [0, 0.05) is 51.4 Å². The number of nitrogens with zero attached hydrogens (tertiary/aromatic N) is 10. The number of aryl methyl sites for hydroxylation is 2. The summed E-state index contributed by atoms with van der Waals surface area (Å²) in [6, 6.07) is 18.9. The molecule has 4 aromatic carbocycles. The molecule has 19 nitrogen and oxygen atoms in total. The number of hydrogen-bond donors (Lipinski definition) is 5. The summed E-state index contributed by atoms with van der Waals surface area (Å²) in [5.41, 5.74) is 5.57. The molecular weight excluding hydrogens is 829 g/mol. The Kier molecular flexibility index (Phi) is 16.6. The maximum Gasteiger partial charge on any atom is 0.294 e. The molecule has 5 rings (SSSR count). The minimum atomic E-state index is -4.51. The Morgan fingerprint density at radius 2 is 1.06 bits per heavy atom. The summed E-state index contributed by atoms with van der Waals surface area (Å²) in [4.78, 5) is 19.8. The summed E-state index contributed by atoms with van der Waals surface area (Å²) in [5.74, 6) is 1.36. The van der Waals surface area contributed by atoms with Crippen LogP contribution in [0.25, 0.3) is 0 Å². The molecule has 5 aromatic rings. The highest BCUT2D eigenvalue weighted by atomic mass is 32.2. The van der Waals surface area contributed by atoms with Gasteiger partial charge in [-0.15, -0.1) is 10.2 Å². The van der Waals surface area contributed by atoms with Crippen LogP contribution < -0.4 is 34.8 Å². The van der Waals surface area contributed by atoms with E-state index in [1.165, 1.54) is 18.2 Å². The average molecular weight is 885 g/mol. The van der Waals surface area contributed by atoms with Crippen LogP contribution in [-0.4, -0.2) is 105 Å². The van der Waals surface area contributed by atoms with Gasteiger partial charge in [-0.3, -0.25) is 4.55 Å². The van der Waals surface area contributed by atoms with Crippen molar-refractivity contribution in [1.82, 2.24) is 15.0 Å². The fourth-order valence-corrected chi connectivity index (χ4v) is 7.09. The Balaban J connectivity index is 1.71. The SMILES string of the molecule is CCN(CC)c1cc(Nc2nc(Nc3cc(N(CC)CC)c(OC)cc3/N=N/c3cc(S(=O)(=O)O)ccc3C)nc(N(CCO)CCO)n2)c(/N=N/c2ccccc2C)cc1OC. The van der Waals surface area contributed by atoms with Crippen molar-refractivity contribution in [2.75, 3.05) is 92.0 Å². The number of methoxy groups -OCH3 is 2. The number of anilines is 7. The first-order valence-electron chi connectivity index (χ1n) is 20.5. The van der Waals surface area contributed by atoms with E-state index in [9.17, 15) is 23.2 Å². The van der Waals surface area contributed by atoms with E-state index in [2.05, 4.69) is 40.9 Å². The van der Waals surface area contributed by atoms with E-state index < -0.39 is 10.1 Å². The highest BCUT2D eigenvalue weighted by molar-refractivity contribution is 7.85. The fourth-order valence-electron chi connectivity index (χ4n) is 6.59. The van der Waals surface area contributed by atoms with Crippen molar-refractivity contribution >= 4 is 73.5 Å². The molecule has 1 aromatic heterocycles. The van der Waals surface area contributed by atoms with Gasteiger partial charge in [0.1, 0.15) is 22.9 Å². The predicted octanol–water partition coefficient (Wildman–Crippen LogP) is 8.55. The third-order valence-corrected chi connectivity index (χ3v) is 10.9. The van der Waals surface area contributed by atoms with Gasteiger partial charge < -0.3 is 45.0 Å². The lowest BCUT2D eigenvalue weighted by molar-refractivity contribution is 0.280. The zero-order valence-electron chi connectivity index (χ0n) is 36.9. The zero-order valence-corrected chi connectivity index (χ0v) is 37.7. The zero-order chi connectivity index (χ0) is 45.7. The van der Waals surface area contributed by atoms with Gasteiger partial charge in [-0.25, -0.2) is 0 Å². The molecule has 0 unspecified atom stereocenters. The first-order chi connectivity index (χ1) is 30.3. The van der Waals surface area contributed by atoms with Gasteiger partial charge in [0.05, 0.1) is 66.5 Å². The normalized spacial score (nSPS) is 11.6. The second kappa shape index (κ2) is 22.0. The van der Waals surface area contributed by atoms with Crippen LogP contribution in [-0.2, 0) is 10.1 Å². The number of aliphatic hydroxyl groups is 2. The van der Waals surface area contributed by atoms with Crippen molar-refractivity contribution in [2.45, 2.75) is 46.4 Å². The highest BCUT2D eigenvalue weighted by Gasteiger charge is 2.21. The standard InChI is InChI=1S/C43H56N12O7S/c1-9-53(10-2)37-24-33(35(26-39(37)61-7)51-49-31-16-14-13-15-28(31)5)44-41-46-42(48-43(47-41)55(19-21-56)20-22-57)45-34-25-38(54(11-3)12-4)40(62-8)27-36(34)52-50-32-23-30(63(58,59)60)18-17-29(32)6/h13-18,23-27,56-57H,9-12,19-22H2,1-8H3,(H,58,59,60)(H2,44,45,46,47,48)/b51-49+,52-50+. The van der Waals surface area contributed by atoms with Crippen LogP contribution in [0.5, 0.6) is 11.5 Å². The molecule has 1 heterocycles. The Morgan fingerprint density at radius 3 is 1.51 bits per heavy atom. The number of rotatable bonds is 22. The monoisotopic (exact) mass is 884 g/mol. The molecule has 0 amide bonds. The first-order valence-corrected chi connectivity index (χ1v) is 21.9. The van der Waals surface area contributed by atoms with E-state index >= 15 is 0 Å². The van der Waals surface area contributed by atoms with E-state index in [0.29, 0.717) is 66.0 Å². The lowest BCUT2D eigenvalue weighted by Gasteiger charge is -2.25. The molecule has 63 heavy (non-hydrogen) atoms. The second-order valence-corrected chi connectivity index (χ2v) is 15.4. The van der Waals surface area contributed by atoms with Crippen LogP contribution in [0.4, 0.5) is 63.3 Å². The molecule has 20 heteroatoms. The third-order valence-electron chi connectivity index (χ3n) is 10.1. The Labute approximate surface area is 368 Å². The number of ether oxygens (including phenoxy) is 2. The minimum absolute atomic E-state index is 0.0561. The van der Waals surface area contributed by atoms with Crippen LogP contribution in [0.3, 0.4) is 0 Å². The predicted molar refractivity (Wildman–Crippen MR) is 246 cm³/mol. The van der Waals surface area contributed by atoms with E-state index in [4.69, 9.17) is 24.4 Å². The summed E-state index contributed by atoms with van der Waals surface area (Å²) in [6.45, 7) is 14.2. The maximum absolute atomic E-state index is 12.0. The molecule has 0 saturated heterocycles. The summed E-state index contributed by atoms with van der Waals surface area (Å²) in [6.07, 6.45) is 0. The van der Waals surface area contributed by atoms with Crippen LogP contribution in [0.2, 0.25) is 0 Å². The Hall–Kier alpha value is -6.48. The maximum atomic E-state index is 12.0. The van der Waals surface area contributed by atoms with Crippen molar-refractivity contribution < 1.29 is 32.7 Å². The number of benzene rings is 4. The van der Waals surface area contributed by atoms with E-state index in [0.717, 1.165) is 16.9 Å². The van der Waals surface area contributed by atoms with Crippen LogP contribution >= 0.6 is 0 Å². The molecule has 0 radical (unpaired) electrons. The lowest BCUT2D eigenvalue weighted by atomic mass is 10.2. The lowest BCUT2D eigenvalue weighted by Crippen LogP contribution is -2.31. The molecule has 0 bridgehead atoms. The van der Waals surface area contributed by atoms with Gasteiger partial charge in [-0.05, 0) is 83.0 Å². The number of hydrogen-bond acceptors (Lipinski definition) is 18. The quantitative estimate of drug-likeness (QED) is 0.0323. The van der Waals surface area contributed by atoms with Gasteiger partial charge in [-0.2, -0.15) is 33.6 Å². The number of aromatic nitrogens is 3. The Morgan fingerprint density at radius 1 is 0.603 bits per heavy atom. The molecule has 0 spiro atoms. The summed E-state index contributed by atoms with van der Waals surface area (Å²) in [7, 11) is -1.37. The molecule has 336 valence electrons. The van der Waals surface area contributed by atoms with Gasteiger partial charge >= 0.3 is 0 Å². The number of aliphatic hydroxyl groups excluding tert-OH is 2. The molecule has 5 N–H and O–H groups in total. The van der Waals surface area contributed by atoms with Crippen LogP contribution in [0.15, 0.2) is 92.1 Å². The van der Waals surface area contributed by atoms with Crippen molar-refractivity contribution in [1.29, 1.82) is 0 Å². The van der Waals surface area contributed by atoms with Crippen molar-refractivity contribution in [2.24, 2.45) is 20.5 Å². The van der Waals surface area contributed by atoms with Crippen LogP contribution in [0, 0.1) is 13.8 Å². The molecule has 0 aliphatic heterocycles. The van der Waals surface area contributed by atoms with Gasteiger partial charge in [-0.1, -0.05) is 24.3 Å². The van der Waals surface area contributed by atoms with Crippen molar-refractivity contribution in [3.8, 4) is 11.5 Å². The molecule has 0 saturated carbocycles. The van der Waals surface area contributed by atoms with Crippen molar-refractivity contribution in [3.63, 3.8) is 0 Å².